The molecule has 0 radical (unpaired) electrons. The molecule has 3 N–H and O–H groups in total. The lowest BCUT2D eigenvalue weighted by Gasteiger charge is -2.15. The summed E-state index contributed by atoms with van der Waals surface area (Å²) in [6, 6.07) is 18.1. The van der Waals surface area contributed by atoms with Gasteiger partial charge in [-0.15, -0.1) is 0 Å². The number of aliphatic hydroxyl groups is 1. The summed E-state index contributed by atoms with van der Waals surface area (Å²) < 4.78 is 0. The lowest BCUT2D eigenvalue weighted by atomic mass is 9.99. The van der Waals surface area contributed by atoms with Gasteiger partial charge in [-0.3, -0.25) is 0 Å². The predicted molar refractivity (Wildman–Crippen MR) is 99.8 cm³/mol. The molecule has 0 amide bonds. The molecular weight excluding hydrogens is 298 g/mol. The Labute approximate surface area is 142 Å². The second-order valence-electron chi connectivity index (χ2n) is 5.96. The Hall–Kier alpha value is -2.85. The van der Waals surface area contributed by atoms with Crippen molar-refractivity contribution in [3.05, 3.63) is 66.4 Å². The maximum Gasteiger partial charge on any atom is 0.131 e. The van der Waals surface area contributed by atoms with Crippen molar-refractivity contribution in [2.24, 2.45) is 0 Å². The Kier molecular flexibility index (Phi) is 4.49. The Morgan fingerprint density at radius 3 is 2.46 bits per heavy atom. The van der Waals surface area contributed by atoms with Gasteiger partial charge in [0, 0.05) is 37.1 Å². The van der Waals surface area contributed by atoms with Gasteiger partial charge in [0.05, 0.1) is 6.61 Å². The fraction of sp³-hybridized carbons (Fsp3) is 0.150. The molecule has 3 aromatic rings. The van der Waals surface area contributed by atoms with Gasteiger partial charge < -0.3 is 15.7 Å². The van der Waals surface area contributed by atoms with Gasteiger partial charge in [-0.25, -0.2) is 4.98 Å². The van der Waals surface area contributed by atoms with E-state index in [1.807, 2.05) is 56.6 Å². The Morgan fingerprint density at radius 1 is 0.958 bits per heavy atom. The summed E-state index contributed by atoms with van der Waals surface area (Å²) >= 11 is 0. The van der Waals surface area contributed by atoms with E-state index in [0.717, 1.165) is 33.5 Å². The maximum absolute atomic E-state index is 9.33. The highest BCUT2D eigenvalue weighted by Gasteiger charge is 2.09. The van der Waals surface area contributed by atoms with E-state index in [4.69, 9.17) is 5.73 Å². The second kappa shape index (κ2) is 6.72. The molecule has 0 bridgehead atoms. The Balaban J connectivity index is 2.08. The monoisotopic (exact) mass is 319 g/mol. The van der Waals surface area contributed by atoms with Crippen molar-refractivity contribution in [3.63, 3.8) is 0 Å². The number of anilines is 2. The van der Waals surface area contributed by atoms with E-state index in [2.05, 4.69) is 22.0 Å². The van der Waals surface area contributed by atoms with Crippen molar-refractivity contribution in [2.75, 3.05) is 24.7 Å². The maximum atomic E-state index is 9.33. The van der Waals surface area contributed by atoms with Crippen LogP contribution in [0.25, 0.3) is 22.3 Å². The van der Waals surface area contributed by atoms with E-state index >= 15 is 0 Å². The number of hydrogen-bond donors (Lipinski definition) is 2. The van der Waals surface area contributed by atoms with Crippen LogP contribution < -0.4 is 10.6 Å². The van der Waals surface area contributed by atoms with Crippen molar-refractivity contribution in [3.8, 4) is 22.3 Å². The summed E-state index contributed by atoms with van der Waals surface area (Å²) in [5.41, 5.74) is 12.0. The largest absolute Gasteiger partial charge is 0.392 e. The number of nitrogens with zero attached hydrogens (tertiary/aromatic N) is 2. The minimum absolute atomic E-state index is 0.0218. The molecule has 0 fully saturated rings. The summed E-state index contributed by atoms with van der Waals surface area (Å²) in [5, 5.41) is 9.33. The number of hydrogen-bond acceptors (Lipinski definition) is 4. The van der Waals surface area contributed by atoms with E-state index < -0.39 is 0 Å². The molecule has 0 aliphatic heterocycles. The number of nitrogen functional groups attached to an aromatic ring is 1. The van der Waals surface area contributed by atoms with Gasteiger partial charge >= 0.3 is 0 Å². The average Bonchev–Trinajstić information content (AvgIpc) is 2.62. The topological polar surface area (TPSA) is 62.4 Å². The van der Waals surface area contributed by atoms with E-state index in [0.29, 0.717) is 5.82 Å². The summed E-state index contributed by atoms with van der Waals surface area (Å²) in [5.74, 6) is 0.507. The van der Waals surface area contributed by atoms with Gasteiger partial charge in [0.15, 0.2) is 0 Å². The molecule has 0 saturated carbocycles. The molecule has 2 aromatic carbocycles. The van der Waals surface area contributed by atoms with Crippen LogP contribution in [0.5, 0.6) is 0 Å². The summed E-state index contributed by atoms with van der Waals surface area (Å²) in [6.45, 7) is 0.0218. The van der Waals surface area contributed by atoms with Crippen LogP contribution in [0, 0.1) is 0 Å². The van der Waals surface area contributed by atoms with Crippen LogP contribution in [-0.4, -0.2) is 24.2 Å². The minimum Gasteiger partial charge on any atom is -0.392 e. The number of nitrogens with two attached hydrogens (primary N) is 1. The molecule has 1 aromatic heterocycles. The summed E-state index contributed by atoms with van der Waals surface area (Å²) in [7, 11) is 4.02. The molecule has 1 heterocycles. The molecule has 4 nitrogen and oxygen atoms in total. The van der Waals surface area contributed by atoms with E-state index in [1.165, 1.54) is 0 Å². The van der Waals surface area contributed by atoms with Crippen LogP contribution in [-0.2, 0) is 6.61 Å². The third kappa shape index (κ3) is 3.24. The van der Waals surface area contributed by atoms with Crippen LogP contribution >= 0.6 is 0 Å². The molecule has 0 unspecified atom stereocenters. The first-order chi connectivity index (χ1) is 11.6. The zero-order chi connectivity index (χ0) is 17.1. The Bertz CT molecular complexity index is 859. The van der Waals surface area contributed by atoms with Gasteiger partial charge in [-0.2, -0.15) is 0 Å². The van der Waals surface area contributed by atoms with Crippen LogP contribution in [0.2, 0.25) is 0 Å². The summed E-state index contributed by atoms with van der Waals surface area (Å²) in [4.78, 5) is 6.42. The molecule has 0 spiro atoms. The first-order valence-corrected chi connectivity index (χ1v) is 7.82. The molecular formula is C20H21N3O. The predicted octanol–water partition coefficient (Wildman–Crippen LogP) is 3.56. The van der Waals surface area contributed by atoms with E-state index in [1.54, 1.807) is 6.20 Å². The highest BCUT2D eigenvalue weighted by Crippen LogP contribution is 2.31. The number of pyridine rings is 1. The fourth-order valence-corrected chi connectivity index (χ4v) is 2.67. The number of aromatic nitrogens is 1. The fourth-order valence-electron chi connectivity index (χ4n) is 2.67. The van der Waals surface area contributed by atoms with Gasteiger partial charge in [-0.1, -0.05) is 30.3 Å². The third-order valence-corrected chi connectivity index (χ3v) is 4.03. The lowest BCUT2D eigenvalue weighted by Crippen LogP contribution is -2.08. The quantitative estimate of drug-likeness (QED) is 0.772. The van der Waals surface area contributed by atoms with Crippen molar-refractivity contribution < 1.29 is 5.11 Å². The van der Waals surface area contributed by atoms with Gasteiger partial charge in [0.2, 0.25) is 0 Å². The minimum atomic E-state index is 0.0218. The van der Waals surface area contributed by atoms with Gasteiger partial charge in [-0.05, 0) is 41.0 Å². The normalized spacial score (nSPS) is 10.6. The molecule has 4 heteroatoms. The van der Waals surface area contributed by atoms with Crippen molar-refractivity contribution in [1.29, 1.82) is 0 Å². The highest BCUT2D eigenvalue weighted by molar-refractivity contribution is 5.80. The number of rotatable bonds is 4. The van der Waals surface area contributed by atoms with Crippen LogP contribution in [0.4, 0.5) is 11.5 Å². The second-order valence-corrected chi connectivity index (χ2v) is 5.96. The van der Waals surface area contributed by atoms with Crippen LogP contribution in [0.15, 0.2) is 60.8 Å². The van der Waals surface area contributed by atoms with Crippen molar-refractivity contribution in [1.82, 2.24) is 4.98 Å². The van der Waals surface area contributed by atoms with Crippen LogP contribution in [0.3, 0.4) is 0 Å². The zero-order valence-corrected chi connectivity index (χ0v) is 13.9. The van der Waals surface area contributed by atoms with Gasteiger partial charge in [0.25, 0.3) is 0 Å². The van der Waals surface area contributed by atoms with Crippen LogP contribution in [0.1, 0.15) is 5.56 Å². The smallest absolute Gasteiger partial charge is 0.131 e. The first kappa shape index (κ1) is 16.0. The number of aliphatic hydroxyl groups excluding tert-OH is 1. The first-order valence-electron chi connectivity index (χ1n) is 7.82. The average molecular weight is 319 g/mol. The molecule has 122 valence electrons. The van der Waals surface area contributed by atoms with Crippen molar-refractivity contribution in [2.45, 2.75) is 6.61 Å². The lowest BCUT2D eigenvalue weighted by molar-refractivity contribution is 0.282. The molecule has 0 atom stereocenters. The molecule has 0 aliphatic carbocycles. The molecule has 3 rings (SSSR count). The Morgan fingerprint density at radius 2 is 1.71 bits per heavy atom. The van der Waals surface area contributed by atoms with E-state index in [9.17, 15) is 5.11 Å². The molecule has 0 aliphatic rings. The standard InChI is InChI=1S/C20H21N3O/c1-23(2)18-8-4-7-16(10-18)19-11-17(12-22-20(19)21)15-6-3-5-14(9-15)13-24/h3-12,24H,13H2,1-2H3,(H2,21,22). The van der Waals surface area contributed by atoms with Crippen molar-refractivity contribution >= 4 is 11.5 Å². The SMILES string of the molecule is CN(C)c1cccc(-c2cc(-c3cccc(CO)c3)cnc2N)c1. The third-order valence-electron chi connectivity index (χ3n) is 4.03. The zero-order valence-electron chi connectivity index (χ0n) is 13.9. The molecule has 0 saturated heterocycles. The highest BCUT2D eigenvalue weighted by atomic mass is 16.3. The van der Waals surface area contributed by atoms with E-state index in [-0.39, 0.29) is 6.61 Å². The molecule has 24 heavy (non-hydrogen) atoms. The van der Waals surface area contributed by atoms with Gasteiger partial charge in [0.1, 0.15) is 5.82 Å². The number of benzene rings is 2. The summed E-state index contributed by atoms with van der Waals surface area (Å²) in [6.07, 6.45) is 1.77.